The highest BCUT2D eigenvalue weighted by Gasteiger charge is 2.25. The molecule has 0 radical (unpaired) electrons. The molecule has 3 aromatic rings. The summed E-state index contributed by atoms with van der Waals surface area (Å²) in [6.07, 6.45) is 5.26. The Labute approximate surface area is 160 Å². The molecular formula is C19H18FN7O. The van der Waals surface area contributed by atoms with E-state index in [4.69, 9.17) is 15.7 Å². The number of halogens is 1. The van der Waals surface area contributed by atoms with Gasteiger partial charge in [-0.2, -0.15) is 10.4 Å². The van der Waals surface area contributed by atoms with E-state index in [1.54, 1.807) is 18.2 Å². The molecule has 1 aliphatic rings. The molecule has 1 aromatic carbocycles. The van der Waals surface area contributed by atoms with Crippen molar-refractivity contribution < 1.29 is 9.13 Å². The minimum atomic E-state index is -0.409. The third-order valence-electron chi connectivity index (χ3n) is 4.56. The molecule has 0 aliphatic heterocycles. The van der Waals surface area contributed by atoms with Gasteiger partial charge in [0.15, 0.2) is 11.5 Å². The maximum Gasteiger partial charge on any atom is 0.158 e. The molecule has 0 spiro atoms. The largest absolute Gasteiger partial charge is 0.490 e. The van der Waals surface area contributed by atoms with Crippen molar-refractivity contribution in [1.82, 2.24) is 20.2 Å². The topological polar surface area (TPSA) is 126 Å². The van der Waals surface area contributed by atoms with Crippen LogP contribution in [0, 0.1) is 17.1 Å². The van der Waals surface area contributed by atoms with Gasteiger partial charge < -0.3 is 15.8 Å². The molecule has 1 fully saturated rings. The Hall–Kier alpha value is -3.51. The molecule has 8 nitrogen and oxygen atoms in total. The Morgan fingerprint density at radius 3 is 2.86 bits per heavy atom. The van der Waals surface area contributed by atoms with Gasteiger partial charge in [0, 0.05) is 12.1 Å². The van der Waals surface area contributed by atoms with Crippen LogP contribution in [0.1, 0.15) is 25.0 Å². The van der Waals surface area contributed by atoms with Gasteiger partial charge in [-0.25, -0.2) is 14.4 Å². The van der Waals surface area contributed by atoms with Crippen LogP contribution in [0.15, 0.2) is 36.7 Å². The molecule has 1 aliphatic carbocycles. The predicted molar refractivity (Wildman–Crippen MR) is 100 cm³/mol. The van der Waals surface area contributed by atoms with Gasteiger partial charge >= 0.3 is 0 Å². The molecule has 0 saturated heterocycles. The molecule has 9 heteroatoms. The number of nitrogens with one attached hydrogen (secondary N) is 2. The van der Waals surface area contributed by atoms with Gasteiger partial charge in [-0.1, -0.05) is 6.07 Å². The first kappa shape index (κ1) is 17.9. The summed E-state index contributed by atoms with van der Waals surface area (Å²) in [6, 6.07) is 8.42. The number of hydrogen-bond acceptors (Lipinski definition) is 7. The summed E-state index contributed by atoms with van der Waals surface area (Å²) in [5.41, 5.74) is 6.95. The van der Waals surface area contributed by atoms with Crippen molar-refractivity contribution in [2.24, 2.45) is 5.73 Å². The van der Waals surface area contributed by atoms with Crippen LogP contribution in [0.25, 0.3) is 11.3 Å². The lowest BCUT2D eigenvalue weighted by atomic mass is 10.1. The Bertz CT molecular complexity index is 1010. The first-order valence-electron chi connectivity index (χ1n) is 8.88. The van der Waals surface area contributed by atoms with Gasteiger partial charge in [0.2, 0.25) is 0 Å². The lowest BCUT2D eigenvalue weighted by Gasteiger charge is -2.16. The number of H-pyrrole nitrogens is 1. The highest BCUT2D eigenvalue weighted by Crippen LogP contribution is 2.35. The smallest absolute Gasteiger partial charge is 0.158 e. The third kappa shape index (κ3) is 3.77. The van der Waals surface area contributed by atoms with Crippen LogP contribution in [0.3, 0.4) is 0 Å². The summed E-state index contributed by atoms with van der Waals surface area (Å²) < 4.78 is 20.6. The van der Waals surface area contributed by atoms with Gasteiger partial charge in [-0.15, -0.1) is 0 Å². The highest BCUT2D eigenvalue weighted by atomic mass is 19.1. The molecule has 2 aromatic heterocycles. The first-order valence-corrected chi connectivity index (χ1v) is 8.88. The maximum absolute atomic E-state index is 14.6. The summed E-state index contributed by atoms with van der Waals surface area (Å²) in [5.74, 6) is 0.897. The van der Waals surface area contributed by atoms with E-state index in [9.17, 15) is 4.39 Å². The number of rotatable bonds is 5. The van der Waals surface area contributed by atoms with E-state index < -0.39 is 5.82 Å². The van der Waals surface area contributed by atoms with E-state index in [1.807, 2.05) is 6.07 Å². The fourth-order valence-corrected chi connectivity index (χ4v) is 3.22. The lowest BCUT2D eigenvalue weighted by molar-refractivity contribution is 0.208. The third-order valence-corrected chi connectivity index (χ3v) is 4.56. The van der Waals surface area contributed by atoms with Crippen LogP contribution < -0.4 is 15.8 Å². The zero-order valence-electron chi connectivity index (χ0n) is 14.9. The molecule has 0 amide bonds. The molecule has 1 saturated carbocycles. The van der Waals surface area contributed by atoms with Crippen molar-refractivity contribution in [3.63, 3.8) is 0 Å². The second-order valence-corrected chi connectivity index (χ2v) is 6.62. The maximum atomic E-state index is 14.6. The van der Waals surface area contributed by atoms with Crippen LogP contribution in [0.5, 0.6) is 5.75 Å². The van der Waals surface area contributed by atoms with Gasteiger partial charge in [0.1, 0.15) is 29.6 Å². The standard InChI is InChI=1S/C19H18FN7O/c20-14-2-1-3-16(28-13-5-4-11(22)6-13)19(14)15-7-17(27-26-15)25-18-10-23-12(8-21)9-24-18/h1-3,7,9-11,13H,4-6,22H2,(H2,24,25,26,27)/t11-,13-/m1/s1. The summed E-state index contributed by atoms with van der Waals surface area (Å²) in [7, 11) is 0. The number of aromatic nitrogens is 4. The Balaban J connectivity index is 1.56. The minimum Gasteiger partial charge on any atom is -0.490 e. The van der Waals surface area contributed by atoms with Crippen molar-refractivity contribution in [1.29, 1.82) is 5.26 Å². The van der Waals surface area contributed by atoms with Gasteiger partial charge in [-0.3, -0.25) is 5.10 Å². The average molecular weight is 379 g/mol. The number of benzene rings is 1. The molecule has 0 bridgehead atoms. The van der Waals surface area contributed by atoms with Crippen molar-refractivity contribution in [2.75, 3.05) is 5.32 Å². The fraction of sp³-hybridized carbons (Fsp3) is 0.263. The highest BCUT2D eigenvalue weighted by molar-refractivity contribution is 5.71. The molecule has 0 unspecified atom stereocenters. The molecular weight excluding hydrogens is 361 g/mol. The lowest BCUT2D eigenvalue weighted by Crippen LogP contribution is -2.19. The van der Waals surface area contributed by atoms with E-state index in [1.165, 1.54) is 18.5 Å². The Kier molecular flexibility index (Phi) is 4.87. The zero-order valence-corrected chi connectivity index (χ0v) is 14.9. The number of nitriles is 1. The van der Waals surface area contributed by atoms with Crippen LogP contribution in [0.4, 0.5) is 16.0 Å². The van der Waals surface area contributed by atoms with E-state index in [2.05, 4.69) is 25.5 Å². The van der Waals surface area contributed by atoms with E-state index in [0.717, 1.165) is 19.3 Å². The molecule has 4 rings (SSSR count). The number of hydrogen-bond donors (Lipinski definition) is 3. The zero-order chi connectivity index (χ0) is 19.5. The van der Waals surface area contributed by atoms with Crippen LogP contribution in [-0.2, 0) is 0 Å². The van der Waals surface area contributed by atoms with Crippen LogP contribution in [0.2, 0.25) is 0 Å². The van der Waals surface area contributed by atoms with Gasteiger partial charge in [0.05, 0.1) is 23.7 Å². The van der Waals surface area contributed by atoms with Crippen molar-refractivity contribution in [2.45, 2.75) is 31.4 Å². The first-order chi connectivity index (χ1) is 13.6. The Morgan fingerprint density at radius 1 is 1.25 bits per heavy atom. The number of nitrogens with zero attached hydrogens (tertiary/aromatic N) is 4. The number of aromatic amines is 1. The van der Waals surface area contributed by atoms with Crippen molar-refractivity contribution in [3.05, 3.63) is 48.2 Å². The number of anilines is 2. The van der Waals surface area contributed by atoms with E-state index in [0.29, 0.717) is 28.6 Å². The van der Waals surface area contributed by atoms with Crippen LogP contribution in [-0.4, -0.2) is 32.3 Å². The summed E-state index contributed by atoms with van der Waals surface area (Å²) >= 11 is 0. The molecule has 2 heterocycles. The molecule has 4 N–H and O–H groups in total. The molecule has 142 valence electrons. The summed E-state index contributed by atoms with van der Waals surface area (Å²) in [4.78, 5) is 8.01. The number of nitrogens with two attached hydrogens (primary N) is 1. The van der Waals surface area contributed by atoms with Crippen molar-refractivity contribution >= 4 is 11.6 Å². The summed E-state index contributed by atoms with van der Waals surface area (Å²) in [6.45, 7) is 0. The predicted octanol–water partition coefficient (Wildman–Crippen LogP) is 2.88. The number of ether oxygens (including phenoxy) is 1. The normalized spacial score (nSPS) is 18.6. The second kappa shape index (κ2) is 7.62. The minimum absolute atomic E-state index is 0.0232. The quantitative estimate of drug-likeness (QED) is 0.622. The second-order valence-electron chi connectivity index (χ2n) is 6.62. The van der Waals surface area contributed by atoms with Crippen LogP contribution >= 0.6 is 0 Å². The molecule has 2 atom stereocenters. The average Bonchev–Trinajstić information content (AvgIpc) is 3.31. The fourth-order valence-electron chi connectivity index (χ4n) is 3.22. The van der Waals surface area contributed by atoms with Gasteiger partial charge in [-0.05, 0) is 31.4 Å². The molecule has 28 heavy (non-hydrogen) atoms. The van der Waals surface area contributed by atoms with E-state index in [-0.39, 0.29) is 17.8 Å². The monoisotopic (exact) mass is 379 g/mol. The van der Waals surface area contributed by atoms with Gasteiger partial charge in [0.25, 0.3) is 0 Å². The summed E-state index contributed by atoms with van der Waals surface area (Å²) in [5, 5.41) is 18.7. The Morgan fingerprint density at radius 2 is 2.14 bits per heavy atom. The van der Waals surface area contributed by atoms with E-state index >= 15 is 0 Å². The van der Waals surface area contributed by atoms with Crippen molar-refractivity contribution in [3.8, 4) is 23.1 Å². The SMILES string of the molecule is N#Cc1cnc(Nc2cc(-c3c(F)cccc3O[C@@H]3CC[C@@H](N)C3)[nH]n2)cn1.